The zero-order valence-corrected chi connectivity index (χ0v) is 12.9. The highest BCUT2D eigenvalue weighted by molar-refractivity contribution is 5.99. The Bertz CT molecular complexity index is 660. The molecule has 0 radical (unpaired) electrons. The number of ketones is 1. The van der Waals surface area contributed by atoms with Crippen molar-refractivity contribution in [2.75, 3.05) is 13.7 Å². The molecule has 0 aromatic heterocycles. The van der Waals surface area contributed by atoms with Crippen LogP contribution in [-0.4, -0.2) is 19.5 Å². The minimum absolute atomic E-state index is 0.00546. The van der Waals surface area contributed by atoms with Crippen molar-refractivity contribution in [3.63, 3.8) is 0 Å². The van der Waals surface area contributed by atoms with Gasteiger partial charge in [0.15, 0.2) is 6.61 Å². The molecule has 110 valence electrons. The Labute approximate surface area is 125 Å². The van der Waals surface area contributed by atoms with Crippen LogP contribution in [0.25, 0.3) is 0 Å². The average molecular weight is 284 g/mol. The number of hydrogen-bond donors (Lipinski definition) is 0. The van der Waals surface area contributed by atoms with E-state index in [1.807, 2.05) is 39.0 Å². The van der Waals surface area contributed by atoms with Crippen LogP contribution in [0.4, 0.5) is 0 Å². The quantitative estimate of drug-likeness (QED) is 0.782. The molecular formula is C18H20O3. The molecule has 0 aliphatic carbocycles. The van der Waals surface area contributed by atoms with E-state index < -0.39 is 0 Å². The van der Waals surface area contributed by atoms with E-state index in [-0.39, 0.29) is 12.4 Å². The van der Waals surface area contributed by atoms with E-state index >= 15 is 0 Å². The van der Waals surface area contributed by atoms with Crippen LogP contribution in [0.15, 0.2) is 36.4 Å². The molecule has 0 saturated carbocycles. The van der Waals surface area contributed by atoms with Crippen LogP contribution in [0.3, 0.4) is 0 Å². The highest BCUT2D eigenvalue weighted by Crippen LogP contribution is 2.26. The van der Waals surface area contributed by atoms with Gasteiger partial charge in [0.25, 0.3) is 0 Å². The van der Waals surface area contributed by atoms with Crippen molar-refractivity contribution < 1.29 is 14.3 Å². The first kappa shape index (κ1) is 15.1. The summed E-state index contributed by atoms with van der Waals surface area (Å²) in [4.78, 5) is 12.3. The standard InChI is InChI=1S/C18H20O3/c1-12-9-10-13(2)18(14(12)3)21-11-16(19)15-7-5-6-8-17(15)20-4/h5-10H,11H2,1-4H3. The topological polar surface area (TPSA) is 35.5 Å². The van der Waals surface area contributed by atoms with Crippen molar-refractivity contribution in [2.24, 2.45) is 0 Å². The molecule has 0 fully saturated rings. The molecule has 0 saturated heterocycles. The Morgan fingerprint density at radius 1 is 1.00 bits per heavy atom. The molecule has 0 bridgehead atoms. The summed E-state index contributed by atoms with van der Waals surface area (Å²) in [5.41, 5.74) is 3.80. The predicted molar refractivity (Wildman–Crippen MR) is 83.5 cm³/mol. The number of aryl methyl sites for hydroxylation is 2. The van der Waals surface area contributed by atoms with Gasteiger partial charge in [-0.3, -0.25) is 4.79 Å². The van der Waals surface area contributed by atoms with Crippen LogP contribution in [0.5, 0.6) is 11.5 Å². The molecular weight excluding hydrogens is 264 g/mol. The van der Waals surface area contributed by atoms with E-state index in [2.05, 4.69) is 6.07 Å². The third-order valence-corrected chi connectivity index (χ3v) is 3.63. The lowest BCUT2D eigenvalue weighted by atomic mass is 10.1. The highest BCUT2D eigenvalue weighted by Gasteiger charge is 2.14. The lowest BCUT2D eigenvalue weighted by molar-refractivity contribution is 0.0917. The molecule has 0 aliphatic rings. The van der Waals surface area contributed by atoms with Gasteiger partial charge in [-0.15, -0.1) is 0 Å². The third kappa shape index (κ3) is 3.24. The van der Waals surface area contributed by atoms with E-state index in [1.165, 1.54) is 0 Å². The van der Waals surface area contributed by atoms with Gasteiger partial charge in [0.05, 0.1) is 12.7 Å². The van der Waals surface area contributed by atoms with Crippen LogP contribution >= 0.6 is 0 Å². The average Bonchev–Trinajstić information content (AvgIpc) is 2.50. The van der Waals surface area contributed by atoms with Crippen molar-refractivity contribution in [2.45, 2.75) is 20.8 Å². The van der Waals surface area contributed by atoms with Gasteiger partial charge in [0.2, 0.25) is 5.78 Å². The minimum atomic E-state index is -0.0900. The summed E-state index contributed by atoms with van der Waals surface area (Å²) in [5, 5.41) is 0. The number of para-hydroxylation sites is 1. The molecule has 3 heteroatoms. The van der Waals surface area contributed by atoms with Crippen molar-refractivity contribution in [3.8, 4) is 11.5 Å². The van der Waals surface area contributed by atoms with Gasteiger partial charge >= 0.3 is 0 Å². The van der Waals surface area contributed by atoms with Gasteiger partial charge in [-0.2, -0.15) is 0 Å². The minimum Gasteiger partial charge on any atom is -0.496 e. The predicted octanol–water partition coefficient (Wildman–Crippen LogP) is 3.88. The molecule has 2 aromatic carbocycles. The summed E-state index contributed by atoms with van der Waals surface area (Å²) < 4.78 is 11.0. The molecule has 21 heavy (non-hydrogen) atoms. The van der Waals surface area contributed by atoms with Crippen LogP contribution in [-0.2, 0) is 0 Å². The second-order valence-corrected chi connectivity index (χ2v) is 5.07. The number of Topliss-reactive ketones (excluding diaryl/α,β-unsaturated/α-hetero) is 1. The molecule has 0 unspecified atom stereocenters. The summed E-state index contributed by atoms with van der Waals surface area (Å²) in [7, 11) is 1.56. The number of hydrogen-bond acceptors (Lipinski definition) is 3. The molecule has 2 aromatic rings. The van der Waals surface area contributed by atoms with Crippen LogP contribution in [0.1, 0.15) is 27.0 Å². The van der Waals surface area contributed by atoms with Crippen molar-refractivity contribution in [1.29, 1.82) is 0 Å². The lowest BCUT2D eigenvalue weighted by Crippen LogP contribution is -2.14. The Morgan fingerprint density at radius 2 is 1.67 bits per heavy atom. The van der Waals surface area contributed by atoms with Crippen LogP contribution < -0.4 is 9.47 Å². The number of carbonyl (C=O) groups excluding carboxylic acids is 1. The fourth-order valence-corrected chi connectivity index (χ4v) is 2.24. The van der Waals surface area contributed by atoms with Crippen LogP contribution in [0.2, 0.25) is 0 Å². The zero-order valence-electron chi connectivity index (χ0n) is 12.9. The smallest absolute Gasteiger partial charge is 0.203 e. The van der Waals surface area contributed by atoms with Crippen LogP contribution in [0, 0.1) is 20.8 Å². The molecule has 2 rings (SSSR count). The van der Waals surface area contributed by atoms with Crippen molar-refractivity contribution in [1.82, 2.24) is 0 Å². The maximum absolute atomic E-state index is 12.3. The molecule has 0 atom stereocenters. The first-order valence-electron chi connectivity index (χ1n) is 6.90. The normalized spacial score (nSPS) is 10.3. The van der Waals surface area contributed by atoms with E-state index in [9.17, 15) is 4.79 Å². The van der Waals surface area contributed by atoms with Gasteiger partial charge < -0.3 is 9.47 Å². The Morgan fingerprint density at radius 3 is 2.38 bits per heavy atom. The van der Waals surface area contributed by atoms with E-state index in [1.54, 1.807) is 19.2 Å². The largest absolute Gasteiger partial charge is 0.496 e. The molecule has 0 heterocycles. The summed E-state index contributed by atoms with van der Waals surface area (Å²) in [6.07, 6.45) is 0. The third-order valence-electron chi connectivity index (χ3n) is 3.63. The van der Waals surface area contributed by atoms with E-state index in [0.717, 1.165) is 22.4 Å². The van der Waals surface area contributed by atoms with Gasteiger partial charge in [0.1, 0.15) is 11.5 Å². The Kier molecular flexibility index (Phi) is 4.63. The van der Waals surface area contributed by atoms with Gasteiger partial charge in [-0.05, 0) is 49.6 Å². The van der Waals surface area contributed by atoms with Gasteiger partial charge in [-0.1, -0.05) is 24.3 Å². The molecule has 0 aliphatic heterocycles. The van der Waals surface area contributed by atoms with Crippen molar-refractivity contribution in [3.05, 3.63) is 58.7 Å². The Balaban J connectivity index is 2.17. The number of benzene rings is 2. The van der Waals surface area contributed by atoms with Gasteiger partial charge in [-0.25, -0.2) is 0 Å². The zero-order chi connectivity index (χ0) is 15.4. The fraction of sp³-hybridized carbons (Fsp3) is 0.278. The summed E-state index contributed by atoms with van der Waals surface area (Å²) >= 11 is 0. The Hall–Kier alpha value is -2.29. The summed E-state index contributed by atoms with van der Waals surface area (Å²) in [6.45, 7) is 6.02. The molecule has 3 nitrogen and oxygen atoms in total. The number of rotatable bonds is 5. The second-order valence-electron chi connectivity index (χ2n) is 5.07. The highest BCUT2D eigenvalue weighted by atomic mass is 16.5. The first-order valence-corrected chi connectivity index (χ1v) is 6.90. The fourth-order valence-electron chi connectivity index (χ4n) is 2.24. The summed E-state index contributed by atoms with van der Waals surface area (Å²) in [5.74, 6) is 1.27. The van der Waals surface area contributed by atoms with Crippen molar-refractivity contribution >= 4 is 5.78 Å². The second kappa shape index (κ2) is 6.44. The number of carbonyl (C=O) groups is 1. The monoisotopic (exact) mass is 284 g/mol. The first-order chi connectivity index (χ1) is 10.0. The summed E-state index contributed by atoms with van der Waals surface area (Å²) in [6, 6.07) is 11.2. The maximum Gasteiger partial charge on any atom is 0.203 e. The lowest BCUT2D eigenvalue weighted by Gasteiger charge is -2.14. The molecule has 0 N–H and O–H groups in total. The number of methoxy groups -OCH3 is 1. The van der Waals surface area contributed by atoms with Gasteiger partial charge in [0, 0.05) is 0 Å². The maximum atomic E-state index is 12.3. The number of ether oxygens (including phenoxy) is 2. The molecule has 0 spiro atoms. The van der Waals surface area contributed by atoms with E-state index in [0.29, 0.717) is 11.3 Å². The SMILES string of the molecule is COc1ccccc1C(=O)COc1c(C)ccc(C)c1C. The van der Waals surface area contributed by atoms with E-state index in [4.69, 9.17) is 9.47 Å². The molecule has 0 amide bonds.